The lowest BCUT2D eigenvalue weighted by Crippen LogP contribution is -2.00. The van der Waals surface area contributed by atoms with Gasteiger partial charge in [0.1, 0.15) is 0 Å². The summed E-state index contributed by atoms with van der Waals surface area (Å²) in [6, 6.07) is 5.28. The summed E-state index contributed by atoms with van der Waals surface area (Å²) in [4.78, 5) is 10.6. The van der Waals surface area contributed by atoms with E-state index in [1.165, 1.54) is 0 Å². The minimum Gasteiger partial charge on any atom is -0.760 e. The van der Waals surface area contributed by atoms with Gasteiger partial charge in [-0.15, -0.1) is 0 Å². The predicted octanol–water partition coefficient (Wildman–Crippen LogP) is 0.741. The van der Waals surface area contributed by atoms with E-state index in [9.17, 15) is 4.79 Å². The Morgan fingerprint density at radius 2 is 1.93 bits per heavy atom. The van der Waals surface area contributed by atoms with Gasteiger partial charge >= 0.3 is 5.97 Å². The molecule has 15 heavy (non-hydrogen) atoms. The lowest BCUT2D eigenvalue weighted by molar-refractivity contribution is 0.0696. The van der Waals surface area contributed by atoms with Crippen molar-refractivity contribution in [3.8, 4) is 0 Å². The maximum Gasteiger partial charge on any atom is 0.335 e. The van der Waals surface area contributed by atoms with Crippen LogP contribution in [0.1, 0.15) is 21.5 Å². The van der Waals surface area contributed by atoms with Crippen LogP contribution in [0.5, 0.6) is 0 Å². The summed E-state index contributed by atoms with van der Waals surface area (Å²) >= 11 is -2.36. The van der Waals surface area contributed by atoms with Gasteiger partial charge in [-0.25, -0.2) is 4.79 Å². The van der Waals surface area contributed by atoms with E-state index in [4.69, 9.17) is 13.9 Å². The van der Waals surface area contributed by atoms with Crippen molar-refractivity contribution in [1.29, 1.82) is 0 Å². The van der Waals surface area contributed by atoms with Gasteiger partial charge in [0.05, 0.1) is 5.56 Å². The normalized spacial score (nSPS) is 11.2. The second-order valence-corrected chi connectivity index (χ2v) is 3.33. The minimum atomic E-state index is -2.36. The number of hydrogen-bond donors (Lipinski definition) is 2. The zero-order valence-electron chi connectivity index (χ0n) is 8.39. The summed E-state index contributed by atoms with van der Waals surface area (Å²) in [5, 5.41) is 12.7. The van der Waals surface area contributed by atoms with Gasteiger partial charge in [-0.1, -0.05) is 12.1 Å². The quantitative estimate of drug-likeness (QED) is 0.694. The first-order valence-corrected chi connectivity index (χ1v) is 5.13. The zero-order chi connectivity index (χ0) is 12.0. The van der Waals surface area contributed by atoms with Gasteiger partial charge in [0, 0.05) is 11.3 Å². The molecule has 0 aromatic heterocycles. The molecule has 1 aromatic carbocycles. The number of aryl methyl sites for hydroxylation is 1. The Hall–Kier alpha value is -1.24. The standard InChI is InChI=1S/C9H10O2.H3NO2S/c1-6-4-3-5-8(7(6)2)9(10)11;1-4(2)3/h3-5H,1-2H3,(H,10,11);1H2,(H,2,3)/p-1. The SMILES string of the molecule is Cc1cccc(C(=O)O)c1C.NS(=O)[O-]. The molecule has 0 fully saturated rings. The molecular weight excluding hydrogens is 218 g/mol. The molecule has 0 aliphatic carbocycles. The van der Waals surface area contributed by atoms with Crippen molar-refractivity contribution in [1.82, 2.24) is 0 Å². The highest BCUT2D eigenvalue weighted by molar-refractivity contribution is 7.76. The maximum atomic E-state index is 10.6. The smallest absolute Gasteiger partial charge is 0.335 e. The van der Waals surface area contributed by atoms with Crippen LogP contribution in [0.15, 0.2) is 18.2 Å². The van der Waals surface area contributed by atoms with E-state index in [1.807, 2.05) is 19.9 Å². The molecule has 84 valence electrons. The Balaban J connectivity index is 0.000000423. The third-order valence-electron chi connectivity index (χ3n) is 1.84. The second kappa shape index (κ2) is 6.28. The highest BCUT2D eigenvalue weighted by Gasteiger charge is 2.06. The van der Waals surface area contributed by atoms with Crippen LogP contribution in [0.3, 0.4) is 0 Å². The van der Waals surface area contributed by atoms with Gasteiger partial charge < -0.3 is 9.66 Å². The lowest BCUT2D eigenvalue weighted by atomic mass is 10.0. The fourth-order valence-electron chi connectivity index (χ4n) is 0.983. The van der Waals surface area contributed by atoms with Crippen LogP contribution in [-0.4, -0.2) is 19.8 Å². The summed E-state index contributed by atoms with van der Waals surface area (Å²) in [5.41, 5.74) is 2.26. The van der Waals surface area contributed by atoms with Gasteiger partial charge in [0.2, 0.25) is 0 Å². The summed E-state index contributed by atoms with van der Waals surface area (Å²) in [6.07, 6.45) is 0. The minimum absolute atomic E-state index is 0.394. The third kappa shape index (κ3) is 5.26. The molecule has 6 heteroatoms. The molecule has 1 unspecified atom stereocenters. The molecule has 0 spiro atoms. The van der Waals surface area contributed by atoms with E-state index in [1.54, 1.807) is 12.1 Å². The summed E-state index contributed by atoms with van der Waals surface area (Å²) in [7, 11) is 0. The second-order valence-electron chi connectivity index (χ2n) is 2.81. The van der Waals surface area contributed by atoms with Gasteiger partial charge in [0.15, 0.2) is 0 Å². The van der Waals surface area contributed by atoms with Crippen molar-refractivity contribution in [2.45, 2.75) is 13.8 Å². The monoisotopic (exact) mass is 230 g/mol. The van der Waals surface area contributed by atoms with E-state index in [-0.39, 0.29) is 0 Å². The van der Waals surface area contributed by atoms with Crippen molar-refractivity contribution in [3.05, 3.63) is 34.9 Å². The highest BCUT2D eigenvalue weighted by Crippen LogP contribution is 2.11. The Labute approximate surface area is 90.3 Å². The largest absolute Gasteiger partial charge is 0.760 e. The van der Waals surface area contributed by atoms with Crippen LogP contribution in [0, 0.1) is 13.8 Å². The van der Waals surface area contributed by atoms with Crippen molar-refractivity contribution in [2.75, 3.05) is 0 Å². The predicted molar refractivity (Wildman–Crippen MR) is 56.0 cm³/mol. The molecule has 0 aliphatic heterocycles. The number of nitrogens with two attached hydrogens (primary N) is 1. The molecule has 0 heterocycles. The fraction of sp³-hybridized carbons (Fsp3) is 0.222. The van der Waals surface area contributed by atoms with Crippen LogP contribution in [0.2, 0.25) is 0 Å². The van der Waals surface area contributed by atoms with Crippen molar-refractivity contribution in [3.63, 3.8) is 0 Å². The molecule has 3 N–H and O–H groups in total. The molecule has 0 radical (unpaired) electrons. The van der Waals surface area contributed by atoms with Crippen molar-refractivity contribution < 1.29 is 18.7 Å². The Kier molecular flexibility index (Phi) is 5.76. The third-order valence-corrected chi connectivity index (χ3v) is 1.84. The van der Waals surface area contributed by atoms with Gasteiger partial charge in [-0.2, -0.15) is 0 Å². The summed E-state index contributed by atoms with van der Waals surface area (Å²) in [6.45, 7) is 3.72. The fourth-order valence-corrected chi connectivity index (χ4v) is 0.983. The number of rotatable bonds is 1. The van der Waals surface area contributed by atoms with Crippen LogP contribution in [-0.2, 0) is 11.3 Å². The van der Waals surface area contributed by atoms with Crippen molar-refractivity contribution in [2.24, 2.45) is 5.14 Å². The van der Waals surface area contributed by atoms with E-state index in [2.05, 4.69) is 5.14 Å². The maximum absolute atomic E-state index is 10.6. The molecule has 0 saturated carbocycles. The lowest BCUT2D eigenvalue weighted by Gasteiger charge is -2.02. The topological polar surface area (TPSA) is 103 Å². The van der Waals surface area contributed by atoms with Crippen LogP contribution < -0.4 is 5.14 Å². The molecule has 0 saturated heterocycles. The van der Waals surface area contributed by atoms with Crippen LogP contribution in [0.25, 0.3) is 0 Å². The Morgan fingerprint density at radius 3 is 2.27 bits per heavy atom. The van der Waals surface area contributed by atoms with E-state index in [0.29, 0.717) is 5.56 Å². The molecule has 0 amide bonds. The van der Waals surface area contributed by atoms with E-state index < -0.39 is 17.2 Å². The molecule has 0 bridgehead atoms. The number of aromatic carboxylic acids is 1. The highest BCUT2D eigenvalue weighted by atomic mass is 32.2. The first-order valence-electron chi connectivity index (χ1n) is 3.99. The number of benzene rings is 1. The molecule has 5 nitrogen and oxygen atoms in total. The van der Waals surface area contributed by atoms with Gasteiger partial charge in [0.25, 0.3) is 0 Å². The molecular formula is C9H12NO4S-. The molecule has 0 aliphatic rings. The average Bonchev–Trinajstić information content (AvgIpc) is 2.08. The zero-order valence-corrected chi connectivity index (χ0v) is 9.21. The number of carboxylic acid groups (broad SMARTS) is 1. The summed E-state index contributed by atoms with van der Waals surface area (Å²) < 4.78 is 17.6. The van der Waals surface area contributed by atoms with E-state index in [0.717, 1.165) is 11.1 Å². The Morgan fingerprint density at radius 1 is 1.47 bits per heavy atom. The van der Waals surface area contributed by atoms with Crippen LogP contribution in [0.4, 0.5) is 0 Å². The van der Waals surface area contributed by atoms with Gasteiger partial charge in [-0.3, -0.25) is 9.35 Å². The number of hydrogen-bond acceptors (Lipinski definition) is 3. The van der Waals surface area contributed by atoms with Crippen molar-refractivity contribution >= 4 is 17.2 Å². The number of carboxylic acids is 1. The van der Waals surface area contributed by atoms with E-state index >= 15 is 0 Å². The van der Waals surface area contributed by atoms with Gasteiger partial charge in [-0.05, 0) is 31.0 Å². The molecule has 1 rings (SSSR count). The molecule has 1 aromatic rings. The average molecular weight is 230 g/mol. The first-order chi connectivity index (χ1) is 6.86. The molecule has 1 atom stereocenters. The summed E-state index contributed by atoms with van der Waals surface area (Å²) in [5.74, 6) is -0.855. The number of carbonyl (C=O) groups is 1. The first kappa shape index (κ1) is 13.8. The van der Waals surface area contributed by atoms with Crippen LogP contribution >= 0.6 is 0 Å². The Bertz CT molecular complexity index is 374.